The molecule has 1 saturated heterocycles. The standard InChI is InChI=1S/C17H28N2/c1-4-16(2)10-12-19(13-11-16)14-17(3,18)15-8-6-5-7-9-15/h5-9H,4,10-14,18H2,1-3H3. The van der Waals surface area contributed by atoms with E-state index in [1.807, 2.05) is 6.07 Å². The van der Waals surface area contributed by atoms with Gasteiger partial charge >= 0.3 is 0 Å². The van der Waals surface area contributed by atoms with Gasteiger partial charge in [-0.2, -0.15) is 0 Å². The van der Waals surface area contributed by atoms with E-state index in [0.717, 1.165) is 6.54 Å². The first-order valence-electron chi connectivity index (χ1n) is 7.52. The molecular weight excluding hydrogens is 232 g/mol. The molecule has 0 aromatic heterocycles. The van der Waals surface area contributed by atoms with E-state index in [4.69, 9.17) is 5.73 Å². The van der Waals surface area contributed by atoms with E-state index in [9.17, 15) is 0 Å². The summed E-state index contributed by atoms with van der Waals surface area (Å²) in [5.41, 5.74) is 8.06. The Morgan fingerprint density at radius 2 is 1.79 bits per heavy atom. The summed E-state index contributed by atoms with van der Waals surface area (Å²) < 4.78 is 0. The van der Waals surface area contributed by atoms with E-state index in [1.54, 1.807) is 0 Å². The molecule has 19 heavy (non-hydrogen) atoms. The van der Waals surface area contributed by atoms with Gasteiger partial charge in [-0.1, -0.05) is 50.6 Å². The highest BCUT2D eigenvalue weighted by molar-refractivity contribution is 5.23. The highest BCUT2D eigenvalue weighted by atomic mass is 15.2. The van der Waals surface area contributed by atoms with Gasteiger partial charge in [-0.3, -0.25) is 0 Å². The lowest BCUT2D eigenvalue weighted by atomic mass is 9.78. The fraction of sp³-hybridized carbons (Fsp3) is 0.647. The fourth-order valence-electron chi connectivity index (χ4n) is 2.98. The summed E-state index contributed by atoms with van der Waals surface area (Å²) in [5, 5.41) is 0. The van der Waals surface area contributed by atoms with E-state index in [2.05, 4.69) is 49.9 Å². The van der Waals surface area contributed by atoms with Gasteiger partial charge in [-0.25, -0.2) is 0 Å². The normalized spacial score (nSPS) is 22.9. The van der Waals surface area contributed by atoms with Gasteiger partial charge in [0.1, 0.15) is 0 Å². The summed E-state index contributed by atoms with van der Waals surface area (Å²) in [7, 11) is 0. The maximum absolute atomic E-state index is 6.53. The predicted octanol–water partition coefficient (Wildman–Crippen LogP) is 3.37. The molecular formula is C17H28N2. The average molecular weight is 260 g/mol. The summed E-state index contributed by atoms with van der Waals surface area (Å²) in [6.45, 7) is 10.2. The lowest BCUT2D eigenvalue weighted by Gasteiger charge is -2.42. The van der Waals surface area contributed by atoms with Crippen LogP contribution in [0.25, 0.3) is 0 Å². The number of nitrogens with zero attached hydrogens (tertiary/aromatic N) is 1. The van der Waals surface area contributed by atoms with Gasteiger partial charge in [0.15, 0.2) is 0 Å². The fourth-order valence-corrected chi connectivity index (χ4v) is 2.98. The van der Waals surface area contributed by atoms with Gasteiger partial charge in [0.05, 0.1) is 5.54 Å². The molecule has 106 valence electrons. The highest BCUT2D eigenvalue weighted by Crippen LogP contribution is 2.34. The third kappa shape index (κ3) is 3.58. The van der Waals surface area contributed by atoms with Gasteiger partial charge in [0.25, 0.3) is 0 Å². The summed E-state index contributed by atoms with van der Waals surface area (Å²) in [6.07, 6.45) is 3.89. The van der Waals surface area contributed by atoms with Gasteiger partial charge in [-0.05, 0) is 43.8 Å². The smallest absolute Gasteiger partial charge is 0.0509 e. The second kappa shape index (κ2) is 5.64. The Balaban J connectivity index is 1.95. The van der Waals surface area contributed by atoms with Crippen LogP contribution in [0.2, 0.25) is 0 Å². The number of piperidine rings is 1. The van der Waals surface area contributed by atoms with Crippen molar-refractivity contribution in [3.8, 4) is 0 Å². The van der Waals surface area contributed by atoms with Crippen molar-refractivity contribution in [3.05, 3.63) is 35.9 Å². The van der Waals surface area contributed by atoms with Crippen molar-refractivity contribution < 1.29 is 0 Å². The van der Waals surface area contributed by atoms with Gasteiger partial charge in [0.2, 0.25) is 0 Å². The van der Waals surface area contributed by atoms with Crippen LogP contribution < -0.4 is 5.73 Å². The maximum atomic E-state index is 6.53. The number of rotatable bonds is 4. The van der Waals surface area contributed by atoms with Crippen LogP contribution in [0.1, 0.15) is 45.6 Å². The molecule has 2 N–H and O–H groups in total. The zero-order valence-electron chi connectivity index (χ0n) is 12.7. The number of nitrogens with two attached hydrogens (primary N) is 1. The minimum Gasteiger partial charge on any atom is -0.321 e. The van der Waals surface area contributed by atoms with Crippen molar-refractivity contribution in [1.82, 2.24) is 4.90 Å². The Labute approximate surface area is 118 Å². The Kier molecular flexibility index (Phi) is 4.32. The van der Waals surface area contributed by atoms with Crippen molar-refractivity contribution in [3.63, 3.8) is 0 Å². The van der Waals surface area contributed by atoms with Crippen molar-refractivity contribution in [1.29, 1.82) is 0 Å². The van der Waals surface area contributed by atoms with Crippen LogP contribution in [-0.2, 0) is 5.54 Å². The Morgan fingerprint density at radius 3 is 2.32 bits per heavy atom. The summed E-state index contributed by atoms with van der Waals surface area (Å²) in [4.78, 5) is 2.53. The number of hydrogen-bond donors (Lipinski definition) is 1. The molecule has 2 nitrogen and oxygen atoms in total. The van der Waals surface area contributed by atoms with Crippen LogP contribution in [0, 0.1) is 5.41 Å². The summed E-state index contributed by atoms with van der Waals surface area (Å²) in [5.74, 6) is 0. The first kappa shape index (κ1) is 14.5. The minimum atomic E-state index is -0.249. The first-order valence-corrected chi connectivity index (χ1v) is 7.52. The second-order valence-electron chi connectivity index (χ2n) is 6.72. The van der Waals surface area contributed by atoms with Crippen LogP contribution in [0.15, 0.2) is 30.3 Å². The Morgan fingerprint density at radius 1 is 1.21 bits per heavy atom. The first-order chi connectivity index (χ1) is 8.95. The average Bonchev–Trinajstić information content (AvgIpc) is 2.42. The second-order valence-corrected chi connectivity index (χ2v) is 6.72. The van der Waals surface area contributed by atoms with Gasteiger partial charge in [-0.15, -0.1) is 0 Å². The zero-order valence-corrected chi connectivity index (χ0v) is 12.7. The summed E-state index contributed by atoms with van der Waals surface area (Å²) in [6, 6.07) is 10.5. The van der Waals surface area contributed by atoms with E-state index in [0.29, 0.717) is 5.41 Å². The molecule has 1 unspecified atom stereocenters. The molecule has 1 aromatic carbocycles. The van der Waals surface area contributed by atoms with E-state index in [1.165, 1.54) is 37.9 Å². The SMILES string of the molecule is CCC1(C)CCN(CC(C)(N)c2ccccc2)CC1. The molecule has 0 bridgehead atoms. The maximum Gasteiger partial charge on any atom is 0.0509 e. The predicted molar refractivity (Wildman–Crippen MR) is 82.1 cm³/mol. The van der Waals surface area contributed by atoms with Crippen LogP contribution in [0.4, 0.5) is 0 Å². The van der Waals surface area contributed by atoms with Crippen LogP contribution in [-0.4, -0.2) is 24.5 Å². The third-order valence-electron chi connectivity index (χ3n) is 4.90. The van der Waals surface area contributed by atoms with Gasteiger partial charge < -0.3 is 10.6 Å². The molecule has 0 amide bonds. The van der Waals surface area contributed by atoms with Crippen LogP contribution in [0.5, 0.6) is 0 Å². The molecule has 1 fully saturated rings. The minimum absolute atomic E-state index is 0.249. The number of likely N-dealkylation sites (tertiary alicyclic amines) is 1. The largest absolute Gasteiger partial charge is 0.321 e. The highest BCUT2D eigenvalue weighted by Gasteiger charge is 2.31. The van der Waals surface area contributed by atoms with Crippen molar-refractivity contribution in [2.75, 3.05) is 19.6 Å². The lowest BCUT2D eigenvalue weighted by Crippen LogP contribution is -2.49. The molecule has 1 atom stereocenters. The number of hydrogen-bond acceptors (Lipinski definition) is 2. The van der Waals surface area contributed by atoms with Crippen molar-refractivity contribution in [2.24, 2.45) is 11.1 Å². The molecule has 0 spiro atoms. The summed E-state index contributed by atoms with van der Waals surface area (Å²) >= 11 is 0. The monoisotopic (exact) mass is 260 g/mol. The molecule has 1 aliphatic heterocycles. The molecule has 2 rings (SSSR count). The van der Waals surface area contributed by atoms with Crippen molar-refractivity contribution in [2.45, 2.75) is 45.6 Å². The van der Waals surface area contributed by atoms with Crippen LogP contribution in [0.3, 0.4) is 0 Å². The van der Waals surface area contributed by atoms with Gasteiger partial charge in [0, 0.05) is 6.54 Å². The number of benzene rings is 1. The Bertz CT molecular complexity index is 389. The van der Waals surface area contributed by atoms with E-state index in [-0.39, 0.29) is 5.54 Å². The van der Waals surface area contributed by atoms with Crippen molar-refractivity contribution >= 4 is 0 Å². The topological polar surface area (TPSA) is 29.3 Å². The quantitative estimate of drug-likeness (QED) is 0.899. The van der Waals surface area contributed by atoms with E-state index >= 15 is 0 Å². The van der Waals surface area contributed by atoms with E-state index < -0.39 is 0 Å². The molecule has 1 heterocycles. The molecule has 0 aliphatic carbocycles. The molecule has 1 aliphatic rings. The molecule has 0 saturated carbocycles. The molecule has 2 heteroatoms. The lowest BCUT2D eigenvalue weighted by molar-refractivity contribution is 0.0971. The molecule has 0 radical (unpaired) electrons. The molecule has 1 aromatic rings. The third-order valence-corrected chi connectivity index (χ3v) is 4.90. The Hall–Kier alpha value is -0.860. The zero-order chi connectivity index (χ0) is 13.9. The van der Waals surface area contributed by atoms with Crippen LogP contribution >= 0.6 is 0 Å².